The fourth-order valence-corrected chi connectivity index (χ4v) is 4.28. The topological polar surface area (TPSA) is 97.0 Å². The molecule has 2 aromatic carbocycles. The number of thioether (sulfide) groups is 1. The van der Waals surface area contributed by atoms with Gasteiger partial charge in [-0.05, 0) is 82.9 Å². The maximum absolute atomic E-state index is 13.9. The average Bonchev–Trinajstić information content (AvgIpc) is 2.83. The Balaban J connectivity index is 2.41. The van der Waals surface area contributed by atoms with E-state index in [-0.39, 0.29) is 18.4 Å². The third-order valence-electron chi connectivity index (χ3n) is 5.50. The lowest BCUT2D eigenvalue weighted by Gasteiger charge is -2.34. The number of nitrogens with one attached hydrogen (secondary N) is 2. The fourth-order valence-electron chi connectivity index (χ4n) is 3.81. The van der Waals surface area contributed by atoms with Crippen molar-refractivity contribution < 1.29 is 23.9 Å². The highest BCUT2D eigenvalue weighted by atomic mass is 32.2. The zero-order valence-electron chi connectivity index (χ0n) is 22.8. The highest BCUT2D eigenvalue weighted by molar-refractivity contribution is 7.98. The summed E-state index contributed by atoms with van der Waals surface area (Å²) in [6.45, 7) is 9.31. The Labute approximate surface area is 224 Å². The molecule has 3 amide bonds. The summed E-state index contributed by atoms with van der Waals surface area (Å²) in [7, 11) is 1.57. The van der Waals surface area contributed by atoms with Crippen LogP contribution in [-0.4, -0.2) is 60.1 Å². The standard InChI is InChI=1S/C28H39N3O5S/c1-8-31(26(33)23(16-17-37-7)30-27(34)36-28(3,4)5)24(20-11-9-10-19(2)18-20)25(32)29-21-12-14-22(35-6)15-13-21/h9-15,18,23-24H,8,16-17H2,1-7H3,(H,29,32)(H,30,34). The summed E-state index contributed by atoms with van der Waals surface area (Å²) in [5.74, 6) is 0.616. The molecule has 2 atom stereocenters. The molecule has 0 aliphatic carbocycles. The molecule has 0 aliphatic heterocycles. The number of nitrogens with zero attached hydrogens (tertiary/aromatic N) is 1. The fraction of sp³-hybridized carbons (Fsp3) is 0.464. The molecular weight excluding hydrogens is 490 g/mol. The predicted molar refractivity (Wildman–Crippen MR) is 149 cm³/mol. The van der Waals surface area contributed by atoms with E-state index >= 15 is 0 Å². The second-order valence-electron chi connectivity index (χ2n) is 9.64. The van der Waals surface area contributed by atoms with Crippen LogP contribution in [0.15, 0.2) is 48.5 Å². The third-order valence-corrected chi connectivity index (χ3v) is 6.14. The van der Waals surface area contributed by atoms with Gasteiger partial charge in [0.15, 0.2) is 0 Å². The first-order chi connectivity index (χ1) is 17.5. The first-order valence-electron chi connectivity index (χ1n) is 12.3. The van der Waals surface area contributed by atoms with E-state index in [1.54, 1.807) is 63.9 Å². The van der Waals surface area contributed by atoms with Crippen LogP contribution in [-0.2, 0) is 14.3 Å². The second-order valence-corrected chi connectivity index (χ2v) is 10.6. The van der Waals surface area contributed by atoms with Crippen LogP contribution in [0, 0.1) is 6.92 Å². The van der Waals surface area contributed by atoms with Crippen LogP contribution in [0.25, 0.3) is 0 Å². The van der Waals surface area contributed by atoms with E-state index in [9.17, 15) is 14.4 Å². The smallest absolute Gasteiger partial charge is 0.408 e. The largest absolute Gasteiger partial charge is 0.497 e. The van der Waals surface area contributed by atoms with Crippen molar-refractivity contribution in [1.29, 1.82) is 0 Å². The minimum absolute atomic E-state index is 0.263. The molecule has 0 bridgehead atoms. The van der Waals surface area contributed by atoms with Crippen molar-refractivity contribution in [2.75, 3.05) is 31.0 Å². The summed E-state index contributed by atoms with van der Waals surface area (Å²) in [5, 5.41) is 5.66. The highest BCUT2D eigenvalue weighted by Gasteiger charge is 2.35. The van der Waals surface area contributed by atoms with Gasteiger partial charge >= 0.3 is 6.09 Å². The number of rotatable bonds is 11. The van der Waals surface area contributed by atoms with Crippen LogP contribution in [0.5, 0.6) is 5.75 Å². The van der Waals surface area contributed by atoms with Crippen molar-refractivity contribution in [2.45, 2.75) is 58.7 Å². The van der Waals surface area contributed by atoms with Crippen LogP contribution in [0.1, 0.15) is 51.3 Å². The van der Waals surface area contributed by atoms with Crippen molar-refractivity contribution in [2.24, 2.45) is 0 Å². The molecule has 0 heterocycles. The minimum atomic E-state index is -0.906. The molecule has 9 heteroatoms. The molecule has 37 heavy (non-hydrogen) atoms. The van der Waals surface area contributed by atoms with Gasteiger partial charge in [-0.25, -0.2) is 4.79 Å². The second kappa shape index (κ2) is 13.9. The van der Waals surface area contributed by atoms with Crippen molar-refractivity contribution in [3.05, 3.63) is 59.7 Å². The molecule has 0 spiro atoms. The number of aryl methyl sites for hydroxylation is 1. The molecule has 202 valence electrons. The van der Waals surface area contributed by atoms with Gasteiger partial charge in [-0.2, -0.15) is 11.8 Å². The van der Waals surface area contributed by atoms with Crippen LogP contribution in [0.3, 0.4) is 0 Å². The SMILES string of the molecule is CCN(C(=O)C(CCSC)NC(=O)OC(C)(C)C)C(C(=O)Nc1ccc(OC)cc1)c1cccc(C)c1. The van der Waals surface area contributed by atoms with Gasteiger partial charge < -0.3 is 25.0 Å². The zero-order chi connectivity index (χ0) is 27.6. The van der Waals surface area contributed by atoms with Crippen LogP contribution in [0.2, 0.25) is 0 Å². The minimum Gasteiger partial charge on any atom is -0.497 e. The zero-order valence-corrected chi connectivity index (χ0v) is 23.6. The first kappa shape index (κ1) is 30.0. The molecule has 0 fully saturated rings. The first-order valence-corrected chi connectivity index (χ1v) is 13.7. The highest BCUT2D eigenvalue weighted by Crippen LogP contribution is 2.26. The van der Waals surface area contributed by atoms with E-state index in [4.69, 9.17) is 9.47 Å². The number of carbonyl (C=O) groups is 3. The van der Waals surface area contributed by atoms with Crippen molar-refractivity contribution in [1.82, 2.24) is 10.2 Å². The quantitative estimate of drug-likeness (QED) is 0.416. The predicted octanol–water partition coefficient (Wildman–Crippen LogP) is 5.18. The van der Waals surface area contributed by atoms with Crippen LogP contribution in [0.4, 0.5) is 10.5 Å². The molecule has 2 N–H and O–H groups in total. The van der Waals surface area contributed by atoms with Crippen LogP contribution >= 0.6 is 11.8 Å². The monoisotopic (exact) mass is 529 g/mol. The molecule has 0 radical (unpaired) electrons. The van der Waals surface area contributed by atoms with Crippen LogP contribution < -0.4 is 15.4 Å². The Morgan fingerprint density at radius 3 is 2.30 bits per heavy atom. The Bertz CT molecular complexity index is 1050. The van der Waals surface area contributed by atoms with Crippen molar-refractivity contribution in [3.63, 3.8) is 0 Å². The Morgan fingerprint density at radius 1 is 1.08 bits per heavy atom. The summed E-state index contributed by atoms with van der Waals surface area (Å²) in [6.07, 6.45) is 1.67. The summed E-state index contributed by atoms with van der Waals surface area (Å²) < 4.78 is 10.6. The molecule has 2 rings (SSSR count). The molecular formula is C28H39N3O5S. The number of hydrogen-bond donors (Lipinski definition) is 2. The van der Waals surface area contributed by atoms with Crippen molar-refractivity contribution in [3.8, 4) is 5.75 Å². The maximum Gasteiger partial charge on any atom is 0.408 e. The number of anilines is 1. The number of amides is 3. The summed E-state index contributed by atoms with van der Waals surface area (Å²) in [4.78, 5) is 41.6. The summed E-state index contributed by atoms with van der Waals surface area (Å²) in [6, 6.07) is 12.8. The van der Waals surface area contributed by atoms with E-state index < -0.39 is 23.8 Å². The number of likely N-dealkylation sites (N-methyl/N-ethyl adjacent to an activating group) is 1. The van der Waals surface area contributed by atoms with Gasteiger partial charge in [-0.3, -0.25) is 9.59 Å². The lowest BCUT2D eigenvalue weighted by Crippen LogP contribution is -2.52. The molecule has 0 saturated heterocycles. The normalized spacial score (nSPS) is 12.7. The number of carbonyl (C=O) groups excluding carboxylic acids is 3. The summed E-state index contributed by atoms with van der Waals surface area (Å²) >= 11 is 1.57. The average molecular weight is 530 g/mol. The van der Waals surface area contributed by atoms with Gasteiger partial charge in [0.05, 0.1) is 7.11 Å². The van der Waals surface area contributed by atoms with E-state index in [0.717, 1.165) is 5.56 Å². The van der Waals surface area contributed by atoms with Gasteiger partial charge in [0.25, 0.3) is 5.91 Å². The van der Waals surface area contributed by atoms with Gasteiger partial charge in [-0.1, -0.05) is 29.8 Å². The number of ether oxygens (including phenoxy) is 2. The van der Waals surface area contributed by atoms with E-state index in [1.807, 2.05) is 44.4 Å². The van der Waals surface area contributed by atoms with Crippen molar-refractivity contribution >= 4 is 35.4 Å². The molecule has 2 unspecified atom stereocenters. The number of alkyl carbamates (subject to hydrolysis) is 1. The van der Waals surface area contributed by atoms with E-state index in [2.05, 4.69) is 10.6 Å². The van der Waals surface area contributed by atoms with E-state index in [0.29, 0.717) is 29.2 Å². The molecule has 2 aromatic rings. The maximum atomic E-state index is 13.9. The summed E-state index contributed by atoms with van der Waals surface area (Å²) in [5.41, 5.74) is 1.53. The number of benzene rings is 2. The molecule has 8 nitrogen and oxygen atoms in total. The third kappa shape index (κ3) is 9.31. The van der Waals surface area contributed by atoms with Gasteiger partial charge in [0.2, 0.25) is 5.91 Å². The lowest BCUT2D eigenvalue weighted by molar-refractivity contribution is -0.140. The number of hydrogen-bond acceptors (Lipinski definition) is 6. The molecule has 0 aliphatic rings. The Hall–Kier alpha value is -3.20. The van der Waals surface area contributed by atoms with Gasteiger partial charge in [0, 0.05) is 12.2 Å². The Morgan fingerprint density at radius 2 is 1.76 bits per heavy atom. The Kier molecular flexibility index (Phi) is 11.3. The van der Waals surface area contributed by atoms with Gasteiger partial charge in [-0.15, -0.1) is 0 Å². The van der Waals surface area contributed by atoms with Gasteiger partial charge in [0.1, 0.15) is 23.4 Å². The number of methoxy groups -OCH3 is 1. The molecule has 0 saturated carbocycles. The van der Waals surface area contributed by atoms with E-state index in [1.165, 1.54) is 4.90 Å². The lowest BCUT2D eigenvalue weighted by atomic mass is 10.0. The molecule has 0 aromatic heterocycles.